The summed E-state index contributed by atoms with van der Waals surface area (Å²) in [5.74, 6) is 0. The molecule has 0 aliphatic rings. The van der Waals surface area contributed by atoms with Crippen molar-refractivity contribution in [2.24, 2.45) is 0 Å². The van der Waals surface area contributed by atoms with Gasteiger partial charge in [-0.2, -0.15) is 0 Å². The monoisotopic (exact) mass is 156 g/mol. The summed E-state index contributed by atoms with van der Waals surface area (Å²) < 4.78 is 0. The van der Waals surface area contributed by atoms with Crippen LogP contribution < -0.4 is 0 Å². The van der Waals surface area contributed by atoms with Crippen LogP contribution in [0, 0.1) is 0 Å². The van der Waals surface area contributed by atoms with Crippen molar-refractivity contribution in [3.63, 3.8) is 0 Å². The highest BCUT2D eigenvalue weighted by atomic mass is 14.7. The minimum atomic E-state index is 0.885. The van der Waals surface area contributed by atoms with E-state index in [4.69, 9.17) is 0 Å². The van der Waals surface area contributed by atoms with Crippen LogP contribution in [0.15, 0.2) is 37.2 Å². The minimum Gasteiger partial charge on any atom is -0.262 e. The quantitative estimate of drug-likeness (QED) is 0.633. The second-order valence-electron chi connectivity index (χ2n) is 2.51. The Balaban J connectivity index is 2.75. The fourth-order valence-corrected chi connectivity index (χ4v) is 1.10. The molecule has 0 unspecified atom stereocenters. The summed E-state index contributed by atoms with van der Waals surface area (Å²) in [6, 6.07) is 5.89. The molecule has 0 aromatic carbocycles. The average molecular weight is 156 g/mol. The SMILES string of the molecule is C=Cc1ccc2ccncc2n1. The van der Waals surface area contributed by atoms with Gasteiger partial charge in [0.15, 0.2) is 0 Å². The van der Waals surface area contributed by atoms with E-state index in [-0.39, 0.29) is 0 Å². The molecule has 0 radical (unpaired) electrons. The maximum atomic E-state index is 4.31. The Morgan fingerprint density at radius 3 is 3.00 bits per heavy atom. The summed E-state index contributed by atoms with van der Waals surface area (Å²) in [6.45, 7) is 3.65. The number of hydrogen-bond donors (Lipinski definition) is 0. The molecule has 0 amide bonds. The van der Waals surface area contributed by atoms with Crippen LogP contribution in [0.25, 0.3) is 17.0 Å². The van der Waals surface area contributed by atoms with E-state index in [1.807, 2.05) is 18.2 Å². The molecule has 0 N–H and O–H groups in total. The van der Waals surface area contributed by atoms with E-state index in [2.05, 4.69) is 16.5 Å². The van der Waals surface area contributed by atoms with Crippen molar-refractivity contribution >= 4 is 17.0 Å². The highest BCUT2D eigenvalue weighted by Crippen LogP contribution is 2.10. The van der Waals surface area contributed by atoms with E-state index in [1.165, 1.54) is 0 Å². The first kappa shape index (κ1) is 6.98. The molecule has 2 aromatic rings. The van der Waals surface area contributed by atoms with Crippen molar-refractivity contribution in [1.82, 2.24) is 9.97 Å². The van der Waals surface area contributed by atoms with Crippen molar-refractivity contribution in [3.05, 3.63) is 42.9 Å². The molecule has 2 aromatic heterocycles. The Morgan fingerprint density at radius 2 is 2.17 bits per heavy atom. The van der Waals surface area contributed by atoms with E-state index in [9.17, 15) is 0 Å². The second kappa shape index (κ2) is 2.74. The number of pyridine rings is 2. The number of rotatable bonds is 1. The summed E-state index contributed by atoms with van der Waals surface area (Å²) in [4.78, 5) is 8.30. The Hall–Kier alpha value is -1.70. The Bertz CT molecular complexity index is 421. The maximum Gasteiger partial charge on any atom is 0.0892 e. The van der Waals surface area contributed by atoms with E-state index in [0.29, 0.717) is 0 Å². The van der Waals surface area contributed by atoms with Gasteiger partial charge >= 0.3 is 0 Å². The Morgan fingerprint density at radius 1 is 1.25 bits per heavy atom. The molecule has 2 nitrogen and oxygen atoms in total. The van der Waals surface area contributed by atoms with Gasteiger partial charge in [-0.1, -0.05) is 12.6 Å². The number of hydrogen-bond acceptors (Lipinski definition) is 2. The summed E-state index contributed by atoms with van der Waals surface area (Å²) in [7, 11) is 0. The number of fused-ring (bicyclic) bond motifs is 1. The molecule has 0 fully saturated rings. The van der Waals surface area contributed by atoms with Crippen LogP contribution in [0.2, 0.25) is 0 Å². The number of nitrogens with zero attached hydrogens (tertiary/aromatic N) is 2. The molecule has 0 bridgehead atoms. The standard InChI is InChI=1S/C10H8N2/c1-2-9-4-3-8-5-6-11-7-10(8)12-9/h2-7H,1H2. The lowest BCUT2D eigenvalue weighted by molar-refractivity contribution is 1.30. The molecule has 12 heavy (non-hydrogen) atoms. The van der Waals surface area contributed by atoms with Crippen molar-refractivity contribution in [2.45, 2.75) is 0 Å². The van der Waals surface area contributed by atoms with Gasteiger partial charge in [0, 0.05) is 11.6 Å². The third kappa shape index (κ3) is 1.07. The van der Waals surface area contributed by atoms with Gasteiger partial charge in [0.2, 0.25) is 0 Å². The zero-order valence-corrected chi connectivity index (χ0v) is 6.57. The summed E-state index contributed by atoms with van der Waals surface area (Å²) in [5.41, 5.74) is 1.80. The van der Waals surface area contributed by atoms with Gasteiger partial charge in [0.1, 0.15) is 0 Å². The van der Waals surface area contributed by atoms with Gasteiger partial charge in [0.25, 0.3) is 0 Å². The van der Waals surface area contributed by atoms with Crippen LogP contribution in [0.3, 0.4) is 0 Å². The molecule has 0 spiro atoms. The number of aromatic nitrogens is 2. The first-order chi connectivity index (χ1) is 5.90. The largest absolute Gasteiger partial charge is 0.262 e. The highest BCUT2D eigenvalue weighted by molar-refractivity contribution is 5.78. The van der Waals surface area contributed by atoms with Gasteiger partial charge in [0.05, 0.1) is 17.4 Å². The van der Waals surface area contributed by atoms with E-state index >= 15 is 0 Å². The minimum absolute atomic E-state index is 0.885. The predicted octanol–water partition coefficient (Wildman–Crippen LogP) is 2.27. The predicted molar refractivity (Wildman–Crippen MR) is 49.6 cm³/mol. The van der Waals surface area contributed by atoms with Crippen LogP contribution >= 0.6 is 0 Å². The fourth-order valence-electron chi connectivity index (χ4n) is 1.10. The van der Waals surface area contributed by atoms with Crippen molar-refractivity contribution in [2.75, 3.05) is 0 Å². The van der Waals surface area contributed by atoms with Gasteiger partial charge in [-0.25, -0.2) is 4.98 Å². The normalized spacial score (nSPS) is 10.0. The Kier molecular flexibility index (Phi) is 1.59. The molecule has 0 saturated heterocycles. The maximum absolute atomic E-state index is 4.31. The molecule has 58 valence electrons. The molecule has 0 aliphatic carbocycles. The molecular formula is C10H8N2. The van der Waals surface area contributed by atoms with Gasteiger partial charge in [-0.15, -0.1) is 0 Å². The second-order valence-corrected chi connectivity index (χ2v) is 2.51. The van der Waals surface area contributed by atoms with Gasteiger partial charge in [-0.05, 0) is 18.2 Å². The zero-order valence-electron chi connectivity index (χ0n) is 6.57. The summed E-state index contributed by atoms with van der Waals surface area (Å²) >= 11 is 0. The third-order valence-electron chi connectivity index (χ3n) is 1.73. The van der Waals surface area contributed by atoms with Crippen molar-refractivity contribution < 1.29 is 0 Å². The van der Waals surface area contributed by atoms with Crippen molar-refractivity contribution in [3.8, 4) is 0 Å². The van der Waals surface area contributed by atoms with E-state index in [0.717, 1.165) is 16.6 Å². The lowest BCUT2D eigenvalue weighted by Gasteiger charge is -1.96. The summed E-state index contributed by atoms with van der Waals surface area (Å²) in [5, 5.41) is 1.11. The lowest BCUT2D eigenvalue weighted by Crippen LogP contribution is -1.82. The fraction of sp³-hybridized carbons (Fsp3) is 0. The average Bonchev–Trinajstić information content (AvgIpc) is 2.17. The van der Waals surface area contributed by atoms with Crippen LogP contribution in [-0.4, -0.2) is 9.97 Å². The molecular weight excluding hydrogens is 148 g/mol. The summed E-state index contributed by atoms with van der Waals surface area (Å²) in [6.07, 6.45) is 5.24. The zero-order chi connectivity index (χ0) is 8.39. The van der Waals surface area contributed by atoms with E-state index < -0.39 is 0 Å². The van der Waals surface area contributed by atoms with Crippen LogP contribution in [0.1, 0.15) is 5.69 Å². The molecule has 0 atom stereocenters. The van der Waals surface area contributed by atoms with E-state index in [1.54, 1.807) is 18.5 Å². The molecule has 2 heterocycles. The topological polar surface area (TPSA) is 25.8 Å². The first-order valence-electron chi connectivity index (χ1n) is 3.73. The highest BCUT2D eigenvalue weighted by Gasteiger charge is 1.93. The third-order valence-corrected chi connectivity index (χ3v) is 1.73. The van der Waals surface area contributed by atoms with Crippen LogP contribution in [0.5, 0.6) is 0 Å². The molecule has 0 aliphatic heterocycles. The van der Waals surface area contributed by atoms with Gasteiger partial charge < -0.3 is 0 Å². The van der Waals surface area contributed by atoms with Gasteiger partial charge in [-0.3, -0.25) is 4.98 Å². The Labute approximate surface area is 70.6 Å². The van der Waals surface area contributed by atoms with Crippen molar-refractivity contribution in [1.29, 1.82) is 0 Å². The molecule has 2 heteroatoms. The lowest BCUT2D eigenvalue weighted by atomic mass is 10.2. The van der Waals surface area contributed by atoms with Crippen LogP contribution in [0.4, 0.5) is 0 Å². The smallest absolute Gasteiger partial charge is 0.0892 e. The first-order valence-corrected chi connectivity index (χ1v) is 3.73. The molecule has 2 rings (SSSR count). The van der Waals surface area contributed by atoms with Crippen LogP contribution in [-0.2, 0) is 0 Å². The molecule has 0 saturated carbocycles.